The summed E-state index contributed by atoms with van der Waals surface area (Å²) in [6.07, 6.45) is -3.55. The van der Waals surface area contributed by atoms with Crippen LogP contribution in [0, 0.1) is 0 Å². The van der Waals surface area contributed by atoms with Crippen LogP contribution in [0.2, 0.25) is 0 Å². The van der Waals surface area contributed by atoms with Crippen molar-refractivity contribution in [1.29, 1.82) is 0 Å². The summed E-state index contributed by atoms with van der Waals surface area (Å²) >= 11 is 2.30. The minimum Gasteiger partial charge on any atom is -0.406 e. The molecule has 0 spiro atoms. The summed E-state index contributed by atoms with van der Waals surface area (Å²) in [5.74, 6) is -0.187. The highest BCUT2D eigenvalue weighted by atomic mass is 127. The zero-order valence-corrected chi connectivity index (χ0v) is 11.2. The van der Waals surface area contributed by atoms with Gasteiger partial charge in [-0.1, -0.05) is 34.7 Å². The van der Waals surface area contributed by atoms with Gasteiger partial charge in [0.1, 0.15) is 5.75 Å². The molecule has 0 aliphatic carbocycles. The summed E-state index contributed by atoms with van der Waals surface area (Å²) < 4.78 is 40.5. The molecule has 0 aliphatic rings. The monoisotopic (exact) mass is 359 g/mol. The Bertz CT molecular complexity index is 326. The molecular weight excluding hydrogens is 346 g/mol. The van der Waals surface area contributed by atoms with Gasteiger partial charge >= 0.3 is 6.36 Å². The van der Waals surface area contributed by atoms with Crippen LogP contribution in [0.25, 0.3) is 0 Å². The highest BCUT2D eigenvalue weighted by Crippen LogP contribution is 2.22. The highest BCUT2D eigenvalue weighted by molar-refractivity contribution is 14.1. The topological polar surface area (TPSA) is 21.3 Å². The van der Waals surface area contributed by atoms with Crippen LogP contribution in [-0.4, -0.2) is 17.3 Å². The molecule has 0 saturated heterocycles. The minimum absolute atomic E-state index is 0.187. The fourth-order valence-electron chi connectivity index (χ4n) is 1.23. The summed E-state index contributed by atoms with van der Waals surface area (Å²) in [5, 5.41) is 3.20. The number of halogens is 4. The number of ether oxygens (including phenoxy) is 1. The maximum Gasteiger partial charge on any atom is 0.573 e. The van der Waals surface area contributed by atoms with Crippen molar-refractivity contribution in [2.75, 3.05) is 11.0 Å². The zero-order valence-electron chi connectivity index (χ0n) is 9.06. The van der Waals surface area contributed by atoms with E-state index < -0.39 is 6.36 Å². The molecule has 2 nitrogen and oxygen atoms in total. The van der Waals surface area contributed by atoms with Crippen LogP contribution in [0.5, 0.6) is 5.75 Å². The number of alkyl halides is 4. The Morgan fingerprint density at radius 1 is 1.18 bits per heavy atom. The van der Waals surface area contributed by atoms with E-state index in [0.29, 0.717) is 6.54 Å². The van der Waals surface area contributed by atoms with E-state index in [0.717, 1.165) is 23.0 Å². The zero-order chi connectivity index (χ0) is 12.7. The lowest BCUT2D eigenvalue weighted by molar-refractivity contribution is -0.274. The third-order valence-electron chi connectivity index (χ3n) is 1.97. The quantitative estimate of drug-likeness (QED) is 0.477. The third kappa shape index (κ3) is 6.72. The van der Waals surface area contributed by atoms with Gasteiger partial charge in [0.05, 0.1) is 0 Å². The van der Waals surface area contributed by atoms with Crippen LogP contribution >= 0.6 is 22.6 Å². The van der Waals surface area contributed by atoms with E-state index in [1.807, 2.05) is 0 Å². The average molecular weight is 359 g/mol. The Balaban J connectivity index is 2.39. The smallest absolute Gasteiger partial charge is 0.406 e. The predicted molar refractivity (Wildman–Crippen MR) is 68.3 cm³/mol. The fraction of sp³-hybridized carbons (Fsp3) is 0.455. The summed E-state index contributed by atoms with van der Waals surface area (Å²) in [6.45, 7) is 1.56. The van der Waals surface area contributed by atoms with Crippen LogP contribution < -0.4 is 10.1 Å². The number of rotatable bonds is 6. The van der Waals surface area contributed by atoms with Crippen molar-refractivity contribution in [2.24, 2.45) is 0 Å². The Hall–Kier alpha value is -0.500. The Morgan fingerprint density at radius 2 is 1.82 bits per heavy atom. The van der Waals surface area contributed by atoms with Crippen molar-refractivity contribution in [1.82, 2.24) is 5.32 Å². The van der Waals surface area contributed by atoms with Crippen molar-refractivity contribution >= 4 is 22.6 Å². The summed E-state index contributed by atoms with van der Waals surface area (Å²) in [7, 11) is 0. The summed E-state index contributed by atoms with van der Waals surface area (Å²) in [5.41, 5.74) is 0.938. The van der Waals surface area contributed by atoms with Crippen LogP contribution in [-0.2, 0) is 6.54 Å². The fourth-order valence-corrected chi connectivity index (χ4v) is 1.61. The Labute approximate surface area is 112 Å². The van der Waals surface area contributed by atoms with E-state index in [9.17, 15) is 13.2 Å². The van der Waals surface area contributed by atoms with Gasteiger partial charge in [0.25, 0.3) is 0 Å². The van der Waals surface area contributed by atoms with Crippen molar-refractivity contribution < 1.29 is 17.9 Å². The number of nitrogens with one attached hydrogen (secondary N) is 1. The molecule has 0 bridgehead atoms. The minimum atomic E-state index is -4.62. The van der Waals surface area contributed by atoms with Gasteiger partial charge in [-0.05, 0) is 30.7 Å². The second-order valence-corrected chi connectivity index (χ2v) is 4.49. The molecule has 0 heterocycles. The first kappa shape index (κ1) is 14.6. The van der Waals surface area contributed by atoms with Crippen molar-refractivity contribution in [2.45, 2.75) is 19.3 Å². The lowest BCUT2D eigenvalue weighted by Gasteiger charge is -2.09. The molecule has 0 amide bonds. The summed E-state index contributed by atoms with van der Waals surface area (Å²) in [6, 6.07) is 5.89. The maximum atomic E-state index is 11.9. The number of benzene rings is 1. The first-order valence-electron chi connectivity index (χ1n) is 5.12. The molecule has 0 radical (unpaired) electrons. The second-order valence-electron chi connectivity index (χ2n) is 3.41. The largest absolute Gasteiger partial charge is 0.573 e. The van der Waals surface area contributed by atoms with Gasteiger partial charge in [-0.15, -0.1) is 13.2 Å². The average Bonchev–Trinajstić information content (AvgIpc) is 2.25. The third-order valence-corrected chi connectivity index (χ3v) is 2.74. The molecule has 1 aromatic rings. The van der Waals surface area contributed by atoms with Gasteiger partial charge in [0, 0.05) is 11.0 Å². The molecular formula is C11H13F3INO. The van der Waals surface area contributed by atoms with Crippen LogP contribution in [0.3, 0.4) is 0 Å². The van der Waals surface area contributed by atoms with Gasteiger partial charge in [-0.25, -0.2) is 0 Å². The molecule has 17 heavy (non-hydrogen) atoms. The molecule has 0 saturated carbocycles. The molecule has 1 rings (SSSR count). The molecule has 0 aromatic heterocycles. The molecule has 0 unspecified atom stereocenters. The van der Waals surface area contributed by atoms with Crippen LogP contribution in [0.1, 0.15) is 12.0 Å². The molecule has 96 valence electrons. The molecule has 0 aliphatic heterocycles. The van der Waals surface area contributed by atoms with Gasteiger partial charge in [-0.3, -0.25) is 0 Å². The lowest BCUT2D eigenvalue weighted by atomic mass is 10.2. The second kappa shape index (κ2) is 7.05. The first-order chi connectivity index (χ1) is 8.01. The SMILES string of the molecule is FC(F)(F)Oc1ccc(CNCCCI)cc1. The van der Waals surface area contributed by atoms with E-state index in [-0.39, 0.29) is 5.75 Å². The van der Waals surface area contributed by atoms with Crippen molar-refractivity contribution in [3.8, 4) is 5.75 Å². The molecule has 0 fully saturated rings. The van der Waals surface area contributed by atoms with E-state index in [1.54, 1.807) is 12.1 Å². The lowest BCUT2D eigenvalue weighted by Crippen LogP contribution is -2.17. The maximum absolute atomic E-state index is 11.9. The van der Waals surface area contributed by atoms with Gasteiger partial charge in [-0.2, -0.15) is 0 Å². The molecule has 1 N–H and O–H groups in total. The van der Waals surface area contributed by atoms with Gasteiger partial charge < -0.3 is 10.1 Å². The van der Waals surface area contributed by atoms with E-state index in [4.69, 9.17) is 0 Å². The van der Waals surface area contributed by atoms with Gasteiger partial charge in [0.2, 0.25) is 0 Å². The van der Waals surface area contributed by atoms with Crippen LogP contribution in [0.4, 0.5) is 13.2 Å². The van der Waals surface area contributed by atoms with Crippen LogP contribution in [0.15, 0.2) is 24.3 Å². The Kier molecular flexibility index (Phi) is 6.04. The first-order valence-corrected chi connectivity index (χ1v) is 6.65. The normalized spacial score (nSPS) is 11.5. The molecule has 6 heteroatoms. The highest BCUT2D eigenvalue weighted by Gasteiger charge is 2.30. The van der Waals surface area contributed by atoms with E-state index in [2.05, 4.69) is 32.6 Å². The predicted octanol–water partition coefficient (Wildman–Crippen LogP) is 3.50. The summed E-state index contributed by atoms with van der Waals surface area (Å²) in [4.78, 5) is 0. The van der Waals surface area contributed by atoms with Crippen molar-refractivity contribution in [3.05, 3.63) is 29.8 Å². The Morgan fingerprint density at radius 3 is 2.35 bits per heavy atom. The van der Waals surface area contributed by atoms with Gasteiger partial charge in [0.15, 0.2) is 0 Å². The number of hydrogen-bond acceptors (Lipinski definition) is 2. The van der Waals surface area contributed by atoms with Crippen molar-refractivity contribution in [3.63, 3.8) is 0 Å². The number of hydrogen-bond donors (Lipinski definition) is 1. The molecule has 0 atom stereocenters. The standard InChI is InChI=1S/C11H13F3INO/c12-11(13,14)17-10-4-2-9(3-5-10)8-16-7-1-6-15/h2-5,16H,1,6-8H2. The molecule has 1 aromatic carbocycles. The van der Waals surface area contributed by atoms with E-state index in [1.165, 1.54) is 12.1 Å². The van der Waals surface area contributed by atoms with E-state index >= 15 is 0 Å².